The van der Waals surface area contributed by atoms with Crippen LogP contribution < -0.4 is 10.0 Å². The first-order valence-electron chi connectivity index (χ1n) is 5.39. The number of likely N-dealkylation sites (N-methyl/N-ethyl adjacent to an activating group) is 1. The molecular weight excluding hydrogens is 320 g/mol. The van der Waals surface area contributed by atoms with Gasteiger partial charge in [-0.25, -0.2) is 13.1 Å². The molecule has 0 aliphatic rings. The highest BCUT2D eigenvalue weighted by Crippen LogP contribution is 2.19. The van der Waals surface area contributed by atoms with Gasteiger partial charge < -0.3 is 5.32 Å². The van der Waals surface area contributed by atoms with Crippen molar-refractivity contribution in [3.63, 3.8) is 0 Å². The van der Waals surface area contributed by atoms with Gasteiger partial charge in [0.1, 0.15) is 0 Å². The number of carbonyl (C=O) groups excluding carboxylic acids is 1. The Morgan fingerprint density at radius 1 is 1.39 bits per heavy atom. The van der Waals surface area contributed by atoms with Gasteiger partial charge in [0.15, 0.2) is 0 Å². The van der Waals surface area contributed by atoms with Crippen LogP contribution in [0.15, 0.2) is 27.6 Å². The molecule has 0 bridgehead atoms. The molecule has 0 fully saturated rings. The SMILES string of the molecule is CCNC(=O)CNS(=O)(=O)c1ccc(Br)c(C)c1. The maximum atomic E-state index is 11.9. The molecule has 18 heavy (non-hydrogen) atoms. The van der Waals surface area contributed by atoms with Gasteiger partial charge in [0, 0.05) is 11.0 Å². The van der Waals surface area contributed by atoms with Crippen molar-refractivity contribution in [1.82, 2.24) is 10.0 Å². The van der Waals surface area contributed by atoms with E-state index in [9.17, 15) is 13.2 Å². The van der Waals surface area contributed by atoms with E-state index in [0.29, 0.717) is 6.54 Å². The molecule has 100 valence electrons. The number of sulfonamides is 1. The first kappa shape index (κ1) is 15.1. The van der Waals surface area contributed by atoms with E-state index in [1.54, 1.807) is 26.0 Å². The molecule has 1 amide bonds. The molecular formula is C11H15BrN2O3S. The van der Waals surface area contributed by atoms with Crippen molar-refractivity contribution in [3.8, 4) is 0 Å². The van der Waals surface area contributed by atoms with Crippen molar-refractivity contribution >= 4 is 31.9 Å². The Kier molecular flexibility index (Phi) is 5.30. The lowest BCUT2D eigenvalue weighted by Gasteiger charge is -2.08. The van der Waals surface area contributed by atoms with Crippen LogP contribution in [0.1, 0.15) is 12.5 Å². The lowest BCUT2D eigenvalue weighted by Crippen LogP contribution is -2.36. The number of rotatable bonds is 5. The first-order valence-corrected chi connectivity index (χ1v) is 7.67. The second kappa shape index (κ2) is 6.31. The monoisotopic (exact) mass is 334 g/mol. The fraction of sp³-hybridized carbons (Fsp3) is 0.364. The standard InChI is InChI=1S/C11H15BrN2O3S/c1-3-13-11(15)7-14-18(16,17)9-4-5-10(12)8(2)6-9/h4-6,14H,3,7H2,1-2H3,(H,13,15). The number of hydrogen-bond acceptors (Lipinski definition) is 3. The Morgan fingerprint density at radius 3 is 2.61 bits per heavy atom. The summed E-state index contributed by atoms with van der Waals surface area (Å²) in [6, 6.07) is 4.69. The summed E-state index contributed by atoms with van der Waals surface area (Å²) in [4.78, 5) is 11.3. The molecule has 0 aliphatic carbocycles. The molecule has 0 atom stereocenters. The van der Waals surface area contributed by atoms with Gasteiger partial charge >= 0.3 is 0 Å². The summed E-state index contributed by atoms with van der Waals surface area (Å²) in [7, 11) is -3.64. The summed E-state index contributed by atoms with van der Waals surface area (Å²) in [5, 5.41) is 2.52. The molecule has 0 spiro atoms. The molecule has 0 saturated heterocycles. The fourth-order valence-electron chi connectivity index (χ4n) is 1.29. The number of benzene rings is 1. The van der Waals surface area contributed by atoms with Crippen molar-refractivity contribution < 1.29 is 13.2 Å². The van der Waals surface area contributed by atoms with Crippen LogP contribution in [0.5, 0.6) is 0 Å². The maximum Gasteiger partial charge on any atom is 0.241 e. The minimum atomic E-state index is -3.64. The number of halogens is 1. The Bertz CT molecular complexity index is 543. The average molecular weight is 335 g/mol. The number of hydrogen-bond donors (Lipinski definition) is 2. The molecule has 5 nitrogen and oxygen atoms in total. The predicted octanol–water partition coefficient (Wildman–Crippen LogP) is 1.17. The molecule has 0 heterocycles. The van der Waals surface area contributed by atoms with Crippen LogP contribution in [0.4, 0.5) is 0 Å². The third-order valence-corrected chi connectivity index (χ3v) is 4.53. The van der Waals surface area contributed by atoms with Crippen molar-refractivity contribution in [2.75, 3.05) is 13.1 Å². The van der Waals surface area contributed by atoms with E-state index in [1.807, 2.05) is 0 Å². The molecule has 1 rings (SSSR count). The van der Waals surface area contributed by atoms with Crippen LogP contribution in [0.2, 0.25) is 0 Å². The van der Waals surface area contributed by atoms with Gasteiger partial charge in [0.25, 0.3) is 0 Å². The quantitative estimate of drug-likeness (QED) is 0.848. The van der Waals surface area contributed by atoms with Gasteiger partial charge in [-0.2, -0.15) is 0 Å². The molecule has 0 aromatic heterocycles. The molecule has 1 aromatic rings. The van der Waals surface area contributed by atoms with Gasteiger partial charge in [0.2, 0.25) is 15.9 Å². The van der Waals surface area contributed by atoms with Crippen molar-refractivity contribution in [1.29, 1.82) is 0 Å². The largest absolute Gasteiger partial charge is 0.355 e. The molecule has 0 unspecified atom stereocenters. The third-order valence-electron chi connectivity index (χ3n) is 2.24. The molecule has 7 heteroatoms. The minimum Gasteiger partial charge on any atom is -0.355 e. The fourth-order valence-corrected chi connectivity index (χ4v) is 2.60. The highest BCUT2D eigenvalue weighted by atomic mass is 79.9. The zero-order valence-electron chi connectivity index (χ0n) is 10.2. The van der Waals surface area contributed by atoms with Gasteiger partial charge in [-0.1, -0.05) is 15.9 Å². The summed E-state index contributed by atoms with van der Waals surface area (Å²) in [6.45, 7) is 3.78. The lowest BCUT2D eigenvalue weighted by molar-refractivity contribution is -0.119. The Morgan fingerprint density at radius 2 is 2.06 bits per heavy atom. The predicted molar refractivity (Wildman–Crippen MR) is 72.8 cm³/mol. The summed E-state index contributed by atoms with van der Waals surface area (Å²) in [5.74, 6) is -0.352. The molecule has 0 aliphatic heterocycles. The second-order valence-corrected chi connectivity index (χ2v) is 6.31. The third kappa shape index (κ3) is 4.08. The Hall–Kier alpha value is -0.920. The average Bonchev–Trinajstić information content (AvgIpc) is 2.30. The van der Waals surface area contributed by atoms with E-state index in [4.69, 9.17) is 0 Å². The number of carbonyl (C=O) groups is 1. The Balaban J connectivity index is 2.80. The van der Waals surface area contributed by atoms with E-state index in [0.717, 1.165) is 10.0 Å². The summed E-state index contributed by atoms with van der Waals surface area (Å²) in [6.07, 6.45) is 0. The number of nitrogens with one attached hydrogen (secondary N) is 2. The van der Waals surface area contributed by atoms with Crippen molar-refractivity contribution in [2.45, 2.75) is 18.7 Å². The topological polar surface area (TPSA) is 75.3 Å². The Labute approximate surface area is 115 Å². The second-order valence-electron chi connectivity index (χ2n) is 3.69. The molecule has 0 saturated carbocycles. The zero-order valence-corrected chi connectivity index (χ0v) is 12.6. The maximum absolute atomic E-state index is 11.9. The number of aryl methyl sites for hydroxylation is 1. The van der Waals surface area contributed by atoms with Crippen LogP contribution in [-0.2, 0) is 14.8 Å². The van der Waals surface area contributed by atoms with Gasteiger partial charge in [-0.15, -0.1) is 0 Å². The summed E-state index contributed by atoms with van der Waals surface area (Å²) >= 11 is 3.30. The van der Waals surface area contributed by atoms with E-state index in [2.05, 4.69) is 26.0 Å². The van der Waals surface area contributed by atoms with Gasteiger partial charge in [-0.3, -0.25) is 4.79 Å². The van der Waals surface area contributed by atoms with E-state index >= 15 is 0 Å². The van der Waals surface area contributed by atoms with Crippen molar-refractivity contribution in [3.05, 3.63) is 28.2 Å². The summed E-state index contributed by atoms with van der Waals surface area (Å²) in [5.41, 5.74) is 0.816. The smallest absolute Gasteiger partial charge is 0.241 e. The summed E-state index contributed by atoms with van der Waals surface area (Å²) < 4.78 is 26.9. The van der Waals surface area contributed by atoms with Crippen LogP contribution in [0.25, 0.3) is 0 Å². The molecule has 0 radical (unpaired) electrons. The molecule has 1 aromatic carbocycles. The van der Waals surface area contributed by atoms with Gasteiger partial charge in [0.05, 0.1) is 11.4 Å². The normalized spacial score (nSPS) is 11.3. The van der Waals surface area contributed by atoms with Gasteiger partial charge in [-0.05, 0) is 37.6 Å². The highest BCUT2D eigenvalue weighted by molar-refractivity contribution is 9.10. The zero-order chi connectivity index (χ0) is 13.8. The molecule has 2 N–H and O–H groups in total. The first-order chi connectivity index (χ1) is 8.36. The minimum absolute atomic E-state index is 0.146. The van der Waals surface area contributed by atoms with E-state index in [-0.39, 0.29) is 17.3 Å². The number of amides is 1. The van der Waals surface area contributed by atoms with E-state index < -0.39 is 10.0 Å². The van der Waals surface area contributed by atoms with Crippen LogP contribution >= 0.6 is 15.9 Å². The highest BCUT2D eigenvalue weighted by Gasteiger charge is 2.15. The van der Waals surface area contributed by atoms with Crippen LogP contribution in [0, 0.1) is 6.92 Å². The van der Waals surface area contributed by atoms with Crippen LogP contribution in [-0.4, -0.2) is 27.4 Å². The van der Waals surface area contributed by atoms with E-state index in [1.165, 1.54) is 6.07 Å². The van der Waals surface area contributed by atoms with Crippen molar-refractivity contribution in [2.24, 2.45) is 0 Å². The van der Waals surface area contributed by atoms with Crippen LogP contribution in [0.3, 0.4) is 0 Å². The lowest BCUT2D eigenvalue weighted by atomic mass is 10.2.